The van der Waals surface area contributed by atoms with Crippen LogP contribution in [0.1, 0.15) is 52.2 Å². The van der Waals surface area contributed by atoms with Crippen molar-refractivity contribution in [2.45, 2.75) is 63.3 Å². The third kappa shape index (κ3) is 3.84. The molecule has 196 valence electrons. The van der Waals surface area contributed by atoms with Crippen LogP contribution in [0.25, 0.3) is 0 Å². The second kappa shape index (κ2) is 8.53. The monoisotopic (exact) mass is 543 g/mol. The van der Waals surface area contributed by atoms with Gasteiger partial charge in [0.15, 0.2) is 9.84 Å². The molecule has 3 atom stereocenters. The number of halogens is 1. The number of hydrogen-bond acceptors (Lipinski definition) is 9. The SMILES string of the molecule is C[C@@H]1CN(c2ncnc3c2C(C)(C)CN3c2cc(Cl)c(C#N)cn2)[C@@H](C)CN1C(=O)C1(C)CCS1(=O)=O. The van der Waals surface area contributed by atoms with Gasteiger partial charge in [0.25, 0.3) is 0 Å². The Labute approximate surface area is 222 Å². The highest BCUT2D eigenvalue weighted by Gasteiger charge is 2.57. The third-order valence-corrected chi connectivity index (χ3v) is 10.8. The highest BCUT2D eigenvalue weighted by Crippen LogP contribution is 2.47. The van der Waals surface area contributed by atoms with Gasteiger partial charge < -0.3 is 14.7 Å². The highest BCUT2D eigenvalue weighted by molar-refractivity contribution is 7.95. The molecule has 5 rings (SSSR count). The van der Waals surface area contributed by atoms with E-state index in [4.69, 9.17) is 16.6 Å². The van der Waals surface area contributed by atoms with E-state index in [2.05, 4.69) is 28.7 Å². The molecule has 0 aliphatic carbocycles. The van der Waals surface area contributed by atoms with E-state index >= 15 is 0 Å². The summed E-state index contributed by atoms with van der Waals surface area (Å²) in [5.41, 5.74) is 0.966. The molecule has 0 saturated carbocycles. The maximum absolute atomic E-state index is 13.3. The number of nitriles is 1. The predicted molar refractivity (Wildman–Crippen MR) is 141 cm³/mol. The summed E-state index contributed by atoms with van der Waals surface area (Å²) in [6.45, 7) is 11.3. The summed E-state index contributed by atoms with van der Waals surface area (Å²) in [7, 11) is -3.40. The first kappa shape index (κ1) is 25.7. The summed E-state index contributed by atoms with van der Waals surface area (Å²) in [5.74, 6) is 1.89. The first-order valence-electron chi connectivity index (χ1n) is 12.3. The molecule has 1 unspecified atom stereocenters. The van der Waals surface area contributed by atoms with Crippen molar-refractivity contribution in [3.8, 4) is 6.07 Å². The minimum absolute atomic E-state index is 0.0666. The molecule has 37 heavy (non-hydrogen) atoms. The lowest BCUT2D eigenvalue weighted by atomic mass is 9.87. The van der Waals surface area contributed by atoms with Crippen LogP contribution in [0.3, 0.4) is 0 Å². The molecule has 2 aromatic heterocycles. The number of amides is 1. The van der Waals surface area contributed by atoms with Crippen molar-refractivity contribution in [2.75, 3.05) is 35.2 Å². The Hall–Kier alpha value is -2.97. The van der Waals surface area contributed by atoms with Gasteiger partial charge in [0, 0.05) is 55.0 Å². The molecule has 10 nitrogen and oxygen atoms in total. The fourth-order valence-electron chi connectivity index (χ4n) is 5.61. The molecule has 0 spiro atoms. The fraction of sp³-hybridized carbons (Fsp3) is 0.560. The number of hydrogen-bond donors (Lipinski definition) is 0. The fourth-order valence-corrected chi connectivity index (χ4v) is 7.33. The molecule has 0 radical (unpaired) electrons. The molecule has 2 saturated heterocycles. The zero-order chi connectivity index (χ0) is 26.9. The molecule has 3 aliphatic rings. The molecule has 0 aromatic carbocycles. The van der Waals surface area contributed by atoms with E-state index in [1.54, 1.807) is 17.9 Å². The third-order valence-electron chi connectivity index (χ3n) is 8.03. The van der Waals surface area contributed by atoms with Gasteiger partial charge in [0.2, 0.25) is 5.91 Å². The summed E-state index contributed by atoms with van der Waals surface area (Å²) in [6, 6.07) is 3.43. The van der Waals surface area contributed by atoms with Gasteiger partial charge in [0.05, 0.1) is 16.3 Å². The van der Waals surface area contributed by atoms with Crippen molar-refractivity contribution >= 4 is 44.8 Å². The van der Waals surface area contributed by atoms with E-state index in [1.165, 1.54) is 12.5 Å². The molecule has 2 aromatic rings. The first-order chi connectivity index (χ1) is 17.3. The quantitative estimate of drug-likeness (QED) is 0.574. The van der Waals surface area contributed by atoms with Gasteiger partial charge in [-0.15, -0.1) is 0 Å². The number of sulfone groups is 1. The van der Waals surface area contributed by atoms with Crippen LogP contribution < -0.4 is 9.80 Å². The normalized spacial score (nSPS) is 27.9. The second-order valence-electron chi connectivity index (χ2n) is 11.1. The predicted octanol–water partition coefficient (Wildman–Crippen LogP) is 2.83. The van der Waals surface area contributed by atoms with Crippen LogP contribution in [0.5, 0.6) is 0 Å². The molecule has 0 N–H and O–H groups in total. The minimum atomic E-state index is -3.40. The van der Waals surface area contributed by atoms with Crippen molar-refractivity contribution in [3.05, 3.63) is 34.7 Å². The van der Waals surface area contributed by atoms with Crippen molar-refractivity contribution in [3.63, 3.8) is 0 Å². The summed E-state index contributed by atoms with van der Waals surface area (Å²) < 4.78 is 23.5. The van der Waals surface area contributed by atoms with Crippen LogP contribution in [-0.4, -0.2) is 76.4 Å². The smallest absolute Gasteiger partial charge is 0.244 e. The lowest BCUT2D eigenvalue weighted by molar-refractivity contribution is -0.137. The van der Waals surface area contributed by atoms with Crippen LogP contribution in [0, 0.1) is 11.3 Å². The number of pyridine rings is 1. The Kier molecular flexibility index (Phi) is 5.92. The summed E-state index contributed by atoms with van der Waals surface area (Å²) >= 11 is 6.30. The molecule has 2 fully saturated rings. The average Bonchev–Trinajstić information content (AvgIpc) is 3.14. The average molecular weight is 544 g/mol. The Morgan fingerprint density at radius 2 is 1.84 bits per heavy atom. The molecular weight excluding hydrogens is 514 g/mol. The number of carbonyl (C=O) groups is 1. The Balaban J connectivity index is 1.47. The van der Waals surface area contributed by atoms with Crippen LogP contribution in [-0.2, 0) is 20.0 Å². The number of piperazine rings is 1. The van der Waals surface area contributed by atoms with Crippen LogP contribution in [0.4, 0.5) is 17.5 Å². The molecular formula is C25H30ClN7O3S. The van der Waals surface area contributed by atoms with Gasteiger partial charge in [-0.1, -0.05) is 25.4 Å². The maximum Gasteiger partial charge on any atom is 0.244 e. The zero-order valence-corrected chi connectivity index (χ0v) is 23.1. The number of nitrogens with zero attached hydrogens (tertiary/aromatic N) is 7. The Morgan fingerprint density at radius 3 is 2.43 bits per heavy atom. The molecule has 5 heterocycles. The van der Waals surface area contributed by atoms with Crippen molar-refractivity contribution in [1.29, 1.82) is 5.26 Å². The highest BCUT2D eigenvalue weighted by atomic mass is 35.5. The van der Waals surface area contributed by atoms with Crippen molar-refractivity contribution < 1.29 is 13.2 Å². The summed E-state index contributed by atoms with van der Waals surface area (Å²) in [6.07, 6.45) is 3.37. The Bertz CT molecular complexity index is 1440. The van der Waals surface area contributed by atoms with E-state index in [1.807, 2.05) is 24.8 Å². The van der Waals surface area contributed by atoms with E-state index in [9.17, 15) is 18.5 Å². The van der Waals surface area contributed by atoms with E-state index < -0.39 is 14.6 Å². The van der Waals surface area contributed by atoms with Crippen LogP contribution >= 0.6 is 11.6 Å². The van der Waals surface area contributed by atoms with E-state index in [0.29, 0.717) is 42.5 Å². The Morgan fingerprint density at radius 1 is 1.14 bits per heavy atom. The molecule has 12 heteroatoms. The van der Waals surface area contributed by atoms with Gasteiger partial charge in [0.1, 0.15) is 34.6 Å². The molecule has 1 amide bonds. The lowest BCUT2D eigenvalue weighted by Crippen LogP contribution is -2.66. The van der Waals surface area contributed by atoms with E-state index in [-0.39, 0.29) is 29.2 Å². The topological polar surface area (TPSA) is 123 Å². The lowest BCUT2D eigenvalue weighted by Gasteiger charge is -2.49. The largest absolute Gasteiger partial charge is 0.350 e. The number of rotatable bonds is 3. The van der Waals surface area contributed by atoms with Crippen LogP contribution in [0.2, 0.25) is 5.02 Å². The van der Waals surface area contributed by atoms with Crippen molar-refractivity contribution in [1.82, 2.24) is 19.9 Å². The second-order valence-corrected chi connectivity index (χ2v) is 14.1. The molecule has 3 aliphatic heterocycles. The number of anilines is 3. The maximum atomic E-state index is 13.3. The summed E-state index contributed by atoms with van der Waals surface area (Å²) in [4.78, 5) is 33.0. The van der Waals surface area contributed by atoms with Crippen LogP contribution in [0.15, 0.2) is 18.6 Å². The number of carbonyl (C=O) groups excluding carboxylic acids is 1. The summed E-state index contributed by atoms with van der Waals surface area (Å²) in [5, 5.41) is 9.55. The van der Waals surface area contributed by atoms with Gasteiger partial charge in [-0.25, -0.2) is 23.4 Å². The zero-order valence-electron chi connectivity index (χ0n) is 21.6. The first-order valence-corrected chi connectivity index (χ1v) is 14.3. The standard InChI is InChI=1S/C25H30ClN7O3S/c1-15-12-32(23(34)25(5)6-7-37(25,35)36)16(2)11-31(15)21-20-22(30-14-29-21)33(13-24(20,3)4)19-8-18(26)17(9-27)10-28-19/h8,10,14-16H,6-7,11-13H2,1-5H3/t15-,16+,25?/m0/s1. The van der Waals surface area contributed by atoms with Crippen molar-refractivity contribution in [2.24, 2.45) is 0 Å². The minimum Gasteiger partial charge on any atom is -0.350 e. The van der Waals surface area contributed by atoms with Gasteiger partial charge in [-0.2, -0.15) is 5.26 Å². The number of aromatic nitrogens is 3. The van der Waals surface area contributed by atoms with Gasteiger partial charge >= 0.3 is 0 Å². The van der Waals surface area contributed by atoms with Gasteiger partial charge in [-0.05, 0) is 27.2 Å². The van der Waals surface area contributed by atoms with E-state index in [0.717, 1.165) is 17.2 Å². The van der Waals surface area contributed by atoms with Gasteiger partial charge in [-0.3, -0.25) is 4.79 Å². The molecule has 0 bridgehead atoms. The number of fused-ring (bicyclic) bond motifs is 1.